The van der Waals surface area contributed by atoms with Gasteiger partial charge in [-0.15, -0.1) is 0 Å². The van der Waals surface area contributed by atoms with Gasteiger partial charge in [-0.25, -0.2) is 9.50 Å². The third-order valence-electron chi connectivity index (χ3n) is 1.33. The van der Waals surface area contributed by atoms with Crippen LogP contribution in [0.4, 0.5) is 0 Å². The first kappa shape index (κ1) is 6.75. The summed E-state index contributed by atoms with van der Waals surface area (Å²) in [5.74, 6) is 0. The molecule has 0 amide bonds. The molecule has 0 unspecified atom stereocenters. The number of hydrogen-bond donors (Lipinski definition) is 0. The zero-order valence-electron chi connectivity index (χ0n) is 6.02. The Morgan fingerprint density at radius 3 is 3.36 bits per heavy atom. The fraction of sp³-hybridized carbons (Fsp3) is 0.333. The van der Waals surface area contributed by atoms with Gasteiger partial charge < -0.3 is 4.74 Å². The fourth-order valence-electron chi connectivity index (χ4n) is 0.901. The smallest absolute Gasteiger partial charge is 0.212 e. The monoisotopic (exact) mass is 169 g/mol. The summed E-state index contributed by atoms with van der Waals surface area (Å²) in [7, 11) is 1.65. The van der Waals surface area contributed by atoms with Gasteiger partial charge in [0.15, 0.2) is 0 Å². The summed E-state index contributed by atoms with van der Waals surface area (Å²) < 4.78 is 6.68. The van der Waals surface area contributed by atoms with Crippen molar-refractivity contribution >= 4 is 16.3 Å². The molecule has 2 rings (SSSR count). The Morgan fingerprint density at radius 2 is 2.64 bits per heavy atom. The quantitative estimate of drug-likeness (QED) is 0.671. The highest BCUT2D eigenvalue weighted by atomic mass is 32.1. The van der Waals surface area contributed by atoms with E-state index in [1.165, 1.54) is 11.3 Å². The molecule has 0 aliphatic heterocycles. The van der Waals surface area contributed by atoms with Crippen molar-refractivity contribution in [3.63, 3.8) is 0 Å². The van der Waals surface area contributed by atoms with Gasteiger partial charge in [-0.1, -0.05) is 11.3 Å². The highest BCUT2D eigenvalue weighted by Crippen LogP contribution is 2.08. The molecule has 2 aromatic heterocycles. The van der Waals surface area contributed by atoms with Crippen LogP contribution in [0.3, 0.4) is 0 Å². The highest BCUT2D eigenvalue weighted by Gasteiger charge is 2.01. The molecular formula is C6H7N3OS. The Balaban J connectivity index is 2.42. The molecule has 0 radical (unpaired) electrons. The molecule has 2 aromatic rings. The highest BCUT2D eigenvalue weighted by molar-refractivity contribution is 7.14. The first-order valence-electron chi connectivity index (χ1n) is 3.17. The number of fused-ring (bicyclic) bond motifs is 1. The van der Waals surface area contributed by atoms with E-state index in [1.54, 1.807) is 17.1 Å². The lowest BCUT2D eigenvalue weighted by Gasteiger charge is -1.88. The minimum absolute atomic E-state index is 0.552. The van der Waals surface area contributed by atoms with Crippen molar-refractivity contribution in [3.05, 3.63) is 17.4 Å². The molecule has 0 N–H and O–H groups in total. The zero-order valence-corrected chi connectivity index (χ0v) is 6.84. The van der Waals surface area contributed by atoms with Gasteiger partial charge in [-0.3, -0.25) is 0 Å². The van der Waals surface area contributed by atoms with Crippen molar-refractivity contribution < 1.29 is 4.74 Å². The van der Waals surface area contributed by atoms with Crippen LogP contribution in [0.2, 0.25) is 0 Å². The van der Waals surface area contributed by atoms with E-state index in [1.807, 2.05) is 6.20 Å². The molecule has 5 heteroatoms. The van der Waals surface area contributed by atoms with Crippen molar-refractivity contribution in [2.45, 2.75) is 6.61 Å². The maximum absolute atomic E-state index is 4.93. The van der Waals surface area contributed by atoms with Crippen LogP contribution in [0, 0.1) is 0 Å². The molecule has 0 aliphatic carbocycles. The average Bonchev–Trinajstić information content (AvgIpc) is 2.46. The lowest BCUT2D eigenvalue weighted by Crippen LogP contribution is -1.85. The van der Waals surface area contributed by atoms with Gasteiger partial charge in [-0.2, -0.15) is 5.10 Å². The predicted octanol–water partition coefficient (Wildman–Crippen LogP) is 0.937. The Bertz CT molecular complexity index is 325. The Hall–Kier alpha value is -0.940. The van der Waals surface area contributed by atoms with Crippen molar-refractivity contribution in [2.24, 2.45) is 0 Å². The van der Waals surface area contributed by atoms with E-state index >= 15 is 0 Å². The Labute approximate surface area is 67.4 Å². The molecule has 0 saturated carbocycles. The minimum Gasteiger partial charge on any atom is -0.378 e. The summed E-state index contributed by atoms with van der Waals surface area (Å²) in [5, 5.41) is 4.04. The second-order valence-corrected chi connectivity index (χ2v) is 2.94. The summed E-state index contributed by atoms with van der Waals surface area (Å²) in [6, 6.07) is 0. The van der Waals surface area contributed by atoms with Gasteiger partial charge in [0.05, 0.1) is 18.5 Å². The molecule has 0 aliphatic rings. The molecule has 0 aromatic carbocycles. The van der Waals surface area contributed by atoms with Crippen molar-refractivity contribution in [1.29, 1.82) is 0 Å². The standard InChI is InChI=1S/C6H7N3OS/c1-10-3-5-2-9-6(8-5)11-4-7-9/h2,4H,3H2,1H3. The summed E-state index contributed by atoms with van der Waals surface area (Å²) in [4.78, 5) is 5.17. The van der Waals surface area contributed by atoms with Crippen LogP contribution in [0.25, 0.3) is 4.96 Å². The topological polar surface area (TPSA) is 39.4 Å². The van der Waals surface area contributed by atoms with E-state index in [2.05, 4.69) is 10.1 Å². The molecular weight excluding hydrogens is 162 g/mol. The van der Waals surface area contributed by atoms with Crippen LogP contribution in [0.1, 0.15) is 5.69 Å². The number of aromatic nitrogens is 3. The molecule has 11 heavy (non-hydrogen) atoms. The lowest BCUT2D eigenvalue weighted by molar-refractivity contribution is 0.182. The molecule has 0 fully saturated rings. The van der Waals surface area contributed by atoms with Gasteiger partial charge in [0.2, 0.25) is 4.96 Å². The molecule has 0 bridgehead atoms. The summed E-state index contributed by atoms with van der Waals surface area (Å²) in [6.45, 7) is 0.552. The SMILES string of the molecule is COCc1cn2ncsc2n1. The van der Waals surface area contributed by atoms with Crippen LogP contribution in [0.15, 0.2) is 11.7 Å². The Morgan fingerprint density at radius 1 is 1.73 bits per heavy atom. The average molecular weight is 169 g/mol. The maximum atomic E-state index is 4.93. The normalized spacial score (nSPS) is 11.0. The molecule has 0 saturated heterocycles. The summed E-state index contributed by atoms with van der Waals surface area (Å²) in [5.41, 5.74) is 2.69. The first-order valence-corrected chi connectivity index (χ1v) is 4.05. The number of rotatable bonds is 2. The van der Waals surface area contributed by atoms with Crippen LogP contribution in [-0.4, -0.2) is 21.7 Å². The number of ether oxygens (including phenoxy) is 1. The zero-order chi connectivity index (χ0) is 7.68. The largest absolute Gasteiger partial charge is 0.378 e. The maximum Gasteiger partial charge on any atom is 0.212 e. The number of nitrogens with zero attached hydrogens (tertiary/aromatic N) is 3. The number of imidazole rings is 1. The van der Waals surface area contributed by atoms with Crippen molar-refractivity contribution in [1.82, 2.24) is 14.6 Å². The van der Waals surface area contributed by atoms with Crippen LogP contribution >= 0.6 is 11.3 Å². The van der Waals surface area contributed by atoms with E-state index in [0.29, 0.717) is 6.61 Å². The van der Waals surface area contributed by atoms with Crippen molar-refractivity contribution in [2.75, 3.05) is 7.11 Å². The van der Waals surface area contributed by atoms with E-state index in [4.69, 9.17) is 4.74 Å². The summed E-state index contributed by atoms with van der Waals surface area (Å²) >= 11 is 1.52. The van der Waals surface area contributed by atoms with Crippen LogP contribution in [0.5, 0.6) is 0 Å². The van der Waals surface area contributed by atoms with Gasteiger partial charge in [-0.05, 0) is 0 Å². The van der Waals surface area contributed by atoms with E-state index in [9.17, 15) is 0 Å². The van der Waals surface area contributed by atoms with E-state index in [0.717, 1.165) is 10.7 Å². The number of methoxy groups -OCH3 is 1. The minimum atomic E-state index is 0.552. The molecule has 2 heterocycles. The van der Waals surface area contributed by atoms with Gasteiger partial charge >= 0.3 is 0 Å². The van der Waals surface area contributed by atoms with E-state index < -0.39 is 0 Å². The molecule has 4 nitrogen and oxygen atoms in total. The second kappa shape index (κ2) is 2.60. The van der Waals surface area contributed by atoms with Crippen LogP contribution in [-0.2, 0) is 11.3 Å². The van der Waals surface area contributed by atoms with Gasteiger partial charge in [0, 0.05) is 7.11 Å². The Kier molecular flexibility index (Phi) is 1.59. The second-order valence-electron chi connectivity index (χ2n) is 2.13. The van der Waals surface area contributed by atoms with E-state index in [-0.39, 0.29) is 0 Å². The van der Waals surface area contributed by atoms with Gasteiger partial charge in [0.25, 0.3) is 0 Å². The summed E-state index contributed by atoms with van der Waals surface area (Å²) in [6.07, 6.45) is 1.87. The number of hydrogen-bond acceptors (Lipinski definition) is 4. The fourth-order valence-corrected chi connectivity index (χ4v) is 1.52. The predicted molar refractivity (Wildman–Crippen MR) is 41.6 cm³/mol. The lowest BCUT2D eigenvalue weighted by atomic mass is 10.5. The molecule has 0 spiro atoms. The van der Waals surface area contributed by atoms with Crippen LogP contribution < -0.4 is 0 Å². The molecule has 58 valence electrons. The third kappa shape index (κ3) is 1.12. The molecule has 0 atom stereocenters. The third-order valence-corrected chi connectivity index (χ3v) is 2.02. The van der Waals surface area contributed by atoms with Crippen molar-refractivity contribution in [3.8, 4) is 0 Å². The van der Waals surface area contributed by atoms with Gasteiger partial charge in [0.1, 0.15) is 5.51 Å². The first-order chi connectivity index (χ1) is 5.40.